The molecule has 0 aliphatic carbocycles. The van der Waals surface area contributed by atoms with Crippen LogP contribution in [0.4, 0.5) is 0 Å². The summed E-state index contributed by atoms with van der Waals surface area (Å²) in [6.45, 7) is 3.58. The highest BCUT2D eigenvalue weighted by Gasteiger charge is 2.54. The van der Waals surface area contributed by atoms with E-state index in [1.165, 1.54) is 30.5 Å². The van der Waals surface area contributed by atoms with Gasteiger partial charge in [-0.05, 0) is 49.8 Å². The smallest absolute Gasteiger partial charge is 0.328 e. The molecule has 0 spiro atoms. The molecule has 4 bridgehead atoms. The molecule has 0 aromatic heterocycles. The number of carbonyl (C=O) groups is 2. The van der Waals surface area contributed by atoms with E-state index in [4.69, 9.17) is 38.3 Å². The van der Waals surface area contributed by atoms with Gasteiger partial charge in [0.2, 0.25) is 0 Å². The zero-order valence-corrected chi connectivity index (χ0v) is 18.0. The van der Waals surface area contributed by atoms with Crippen LogP contribution in [-0.4, -0.2) is 58.0 Å². The molecule has 3 aliphatic heterocycles. The van der Waals surface area contributed by atoms with Crippen LogP contribution in [0, 0.1) is 5.92 Å². The lowest BCUT2D eigenvalue weighted by Gasteiger charge is -2.36. The summed E-state index contributed by atoms with van der Waals surface area (Å²) in [6.07, 6.45) is 4.88. The predicted molar refractivity (Wildman–Crippen MR) is 114 cm³/mol. The van der Waals surface area contributed by atoms with Gasteiger partial charge in [0.1, 0.15) is 6.61 Å². The van der Waals surface area contributed by atoms with Gasteiger partial charge < -0.3 is 15.1 Å². The fourth-order valence-corrected chi connectivity index (χ4v) is 5.08. The first-order valence-corrected chi connectivity index (χ1v) is 10.6. The monoisotopic (exact) mass is 454 g/mol. The molecule has 3 heterocycles. The maximum absolute atomic E-state index is 9.55. The van der Waals surface area contributed by atoms with Crippen LogP contribution < -0.4 is 0 Å². The predicted octanol–water partition coefficient (Wildman–Crippen LogP) is 4.05. The topological polar surface area (TPSA) is 99.4 Å². The van der Waals surface area contributed by atoms with E-state index in [9.17, 15) is 9.59 Å². The van der Waals surface area contributed by atoms with Gasteiger partial charge in [0.05, 0.1) is 15.8 Å². The molecule has 1 aromatic rings. The maximum atomic E-state index is 9.55. The SMILES string of the molecule is CCON=C1CN2[C@H]3CC[C@@H]2[C@H]1[C@@H](c1ccc(Cl)c(Cl)c1)C3.O=C(O)/C=C/C(=O)O. The fourth-order valence-electron chi connectivity index (χ4n) is 4.77. The Hall–Kier alpha value is -2.09. The normalized spacial score (nSPS) is 30.2. The van der Waals surface area contributed by atoms with Crippen LogP contribution in [0.2, 0.25) is 10.0 Å². The van der Waals surface area contributed by atoms with Gasteiger partial charge in [-0.25, -0.2) is 9.59 Å². The van der Waals surface area contributed by atoms with Crippen molar-refractivity contribution >= 4 is 40.9 Å². The van der Waals surface area contributed by atoms with E-state index in [0.717, 1.165) is 6.54 Å². The first-order chi connectivity index (χ1) is 14.3. The highest BCUT2D eigenvalue weighted by Crippen LogP contribution is 2.51. The van der Waals surface area contributed by atoms with Crippen molar-refractivity contribution in [1.29, 1.82) is 0 Å². The van der Waals surface area contributed by atoms with Gasteiger partial charge in [-0.3, -0.25) is 4.90 Å². The Labute approximate surface area is 184 Å². The molecule has 3 aliphatic rings. The van der Waals surface area contributed by atoms with E-state index >= 15 is 0 Å². The largest absolute Gasteiger partial charge is 0.478 e. The molecule has 0 saturated carbocycles. The van der Waals surface area contributed by atoms with E-state index in [-0.39, 0.29) is 0 Å². The van der Waals surface area contributed by atoms with Crippen molar-refractivity contribution in [3.8, 4) is 0 Å². The van der Waals surface area contributed by atoms with Gasteiger partial charge >= 0.3 is 11.9 Å². The Kier molecular flexibility index (Phi) is 7.39. The third kappa shape index (κ3) is 4.96. The number of halogens is 2. The Bertz CT molecular complexity index is 857. The van der Waals surface area contributed by atoms with Crippen molar-refractivity contribution in [3.63, 3.8) is 0 Å². The zero-order valence-electron chi connectivity index (χ0n) is 16.5. The molecule has 4 rings (SSSR count). The number of carboxylic acids is 2. The Morgan fingerprint density at radius 2 is 1.90 bits per heavy atom. The van der Waals surface area contributed by atoms with Gasteiger partial charge in [-0.2, -0.15) is 0 Å². The molecule has 162 valence electrons. The van der Waals surface area contributed by atoms with Crippen LogP contribution >= 0.6 is 23.2 Å². The molecule has 3 fully saturated rings. The minimum Gasteiger partial charge on any atom is -0.478 e. The zero-order chi connectivity index (χ0) is 21.8. The molecule has 1 aromatic carbocycles. The number of carboxylic acid groups (broad SMARTS) is 2. The standard InChI is InChI=1S/C17H20Cl2N2O.C4H4O4/c1-2-22-20-15-9-21-11-4-6-16(21)17(15)12(8-11)10-3-5-13(18)14(19)7-10;5-3(6)1-2-4(7)8/h3,5,7,11-12,16-17H,2,4,6,8-9H2,1H3;1-2H,(H,5,6)(H,7,8)/b;2-1+/t11-,12+,16+,17-;/m0./s1. The molecule has 2 N–H and O–H groups in total. The summed E-state index contributed by atoms with van der Waals surface area (Å²) < 4.78 is 0. The van der Waals surface area contributed by atoms with E-state index < -0.39 is 11.9 Å². The number of oxime groups is 1. The Balaban J connectivity index is 0.000000275. The second-order valence-electron chi connectivity index (χ2n) is 7.52. The molecule has 5 atom stereocenters. The second-order valence-corrected chi connectivity index (χ2v) is 8.34. The van der Waals surface area contributed by atoms with E-state index in [1.54, 1.807) is 0 Å². The quantitative estimate of drug-likeness (QED) is 0.514. The third-order valence-corrected chi connectivity index (χ3v) is 6.58. The van der Waals surface area contributed by atoms with Crippen molar-refractivity contribution in [2.45, 2.75) is 44.2 Å². The molecule has 7 nitrogen and oxygen atoms in total. The minimum atomic E-state index is -1.26. The lowest BCUT2D eigenvalue weighted by molar-refractivity contribution is -0.134. The first kappa shape index (κ1) is 22.6. The summed E-state index contributed by atoms with van der Waals surface area (Å²) in [4.78, 5) is 27.1. The summed E-state index contributed by atoms with van der Waals surface area (Å²) in [5.74, 6) is -1.58. The summed E-state index contributed by atoms with van der Waals surface area (Å²) in [7, 11) is 0. The summed E-state index contributed by atoms with van der Waals surface area (Å²) in [5.41, 5.74) is 2.51. The molecule has 9 heteroatoms. The number of hydrogen-bond acceptors (Lipinski definition) is 5. The van der Waals surface area contributed by atoms with E-state index in [2.05, 4.69) is 16.1 Å². The van der Waals surface area contributed by atoms with Crippen molar-refractivity contribution in [1.82, 2.24) is 4.90 Å². The van der Waals surface area contributed by atoms with Gasteiger partial charge in [-0.15, -0.1) is 0 Å². The second kappa shape index (κ2) is 9.81. The van der Waals surface area contributed by atoms with Crippen molar-refractivity contribution in [3.05, 3.63) is 46.0 Å². The van der Waals surface area contributed by atoms with Crippen LogP contribution in [0.1, 0.15) is 37.7 Å². The van der Waals surface area contributed by atoms with Crippen molar-refractivity contribution < 1.29 is 24.6 Å². The highest BCUT2D eigenvalue weighted by molar-refractivity contribution is 6.42. The van der Waals surface area contributed by atoms with Crippen LogP contribution in [0.15, 0.2) is 35.5 Å². The Morgan fingerprint density at radius 3 is 2.50 bits per heavy atom. The Morgan fingerprint density at radius 1 is 1.20 bits per heavy atom. The van der Waals surface area contributed by atoms with Crippen LogP contribution in [0.3, 0.4) is 0 Å². The lowest BCUT2D eigenvalue weighted by Crippen LogP contribution is -2.40. The number of benzene rings is 1. The van der Waals surface area contributed by atoms with E-state index in [1.807, 2.05) is 19.1 Å². The molecule has 0 radical (unpaired) electrons. The van der Waals surface area contributed by atoms with Crippen LogP contribution in [0.25, 0.3) is 0 Å². The molecular weight excluding hydrogens is 431 g/mol. The molecule has 0 amide bonds. The first-order valence-electron chi connectivity index (χ1n) is 9.85. The summed E-state index contributed by atoms with van der Waals surface area (Å²) in [6, 6.07) is 7.39. The number of piperidine rings is 1. The maximum Gasteiger partial charge on any atom is 0.328 e. The van der Waals surface area contributed by atoms with Gasteiger partial charge in [0, 0.05) is 36.7 Å². The summed E-state index contributed by atoms with van der Waals surface area (Å²) >= 11 is 12.3. The van der Waals surface area contributed by atoms with Gasteiger partial charge in [0.15, 0.2) is 0 Å². The van der Waals surface area contributed by atoms with Gasteiger partial charge in [-0.1, -0.05) is 34.4 Å². The van der Waals surface area contributed by atoms with Crippen molar-refractivity contribution in [2.75, 3.05) is 13.2 Å². The number of aliphatic carboxylic acids is 2. The van der Waals surface area contributed by atoms with Crippen molar-refractivity contribution in [2.24, 2.45) is 11.1 Å². The van der Waals surface area contributed by atoms with Crippen LogP contribution in [0.5, 0.6) is 0 Å². The average molecular weight is 455 g/mol. The number of hydrogen-bond donors (Lipinski definition) is 2. The molecule has 30 heavy (non-hydrogen) atoms. The van der Waals surface area contributed by atoms with Crippen LogP contribution in [-0.2, 0) is 14.4 Å². The average Bonchev–Trinajstić information content (AvgIpc) is 3.12. The number of rotatable bonds is 5. The number of nitrogens with zero attached hydrogens (tertiary/aromatic N) is 2. The molecule has 1 unspecified atom stereocenters. The highest BCUT2D eigenvalue weighted by atomic mass is 35.5. The summed E-state index contributed by atoms with van der Waals surface area (Å²) in [5, 5.41) is 21.3. The third-order valence-electron chi connectivity index (χ3n) is 5.85. The fraction of sp³-hybridized carbons (Fsp3) is 0.476. The van der Waals surface area contributed by atoms with Gasteiger partial charge in [0.25, 0.3) is 0 Å². The van der Waals surface area contributed by atoms with E-state index in [0.29, 0.717) is 52.7 Å². The lowest BCUT2D eigenvalue weighted by atomic mass is 9.77. The molecular formula is C21H24Cl2N2O5. The minimum absolute atomic E-state index is 0.461. The molecule has 3 saturated heterocycles.